The molecule has 3 rings (SSSR count). The van der Waals surface area contributed by atoms with Gasteiger partial charge in [-0.1, -0.05) is 32.9 Å². The molecule has 2 nitrogen and oxygen atoms in total. The highest BCUT2D eigenvalue weighted by Crippen LogP contribution is 2.36. The van der Waals surface area contributed by atoms with Crippen LogP contribution in [0.25, 0.3) is 0 Å². The first kappa shape index (κ1) is 25.9. The highest BCUT2D eigenvalue weighted by Gasteiger charge is 2.32. The third-order valence-corrected chi connectivity index (χ3v) is 9.31. The maximum absolute atomic E-state index is 12.6. The fourth-order valence-electron chi connectivity index (χ4n) is 2.84. The zero-order valence-electron chi connectivity index (χ0n) is 17.8. The minimum Gasteiger partial charge on any atom is -0.456 e. The lowest BCUT2D eigenvalue weighted by Crippen LogP contribution is -3.61. The van der Waals surface area contributed by atoms with Crippen LogP contribution in [-0.4, -0.2) is 6.36 Å². The van der Waals surface area contributed by atoms with E-state index in [4.69, 9.17) is 4.74 Å². The van der Waals surface area contributed by atoms with E-state index in [0.29, 0.717) is 18.6 Å². The van der Waals surface area contributed by atoms with E-state index in [9.17, 15) is 13.2 Å². The Balaban J connectivity index is 1.75. The molecule has 32 heavy (non-hydrogen) atoms. The molecule has 170 valence electrons. The van der Waals surface area contributed by atoms with E-state index < -0.39 is 6.36 Å². The van der Waals surface area contributed by atoms with Crippen molar-refractivity contribution in [1.82, 2.24) is 0 Å². The van der Waals surface area contributed by atoms with Crippen LogP contribution in [-0.2, 0) is 5.41 Å². The van der Waals surface area contributed by atoms with Crippen LogP contribution in [0.2, 0.25) is 0 Å². The van der Waals surface area contributed by atoms with Gasteiger partial charge in [-0.05, 0) is 106 Å². The van der Waals surface area contributed by atoms with E-state index in [1.165, 1.54) is 18.8 Å². The normalized spacial score (nSPS) is 12.0. The Labute approximate surface area is 223 Å². The fraction of sp³-hybridized carbons (Fsp3) is 0.250. The molecule has 0 aliphatic heterocycles. The van der Waals surface area contributed by atoms with Gasteiger partial charge in [-0.2, -0.15) is 0 Å². The highest BCUT2D eigenvalue weighted by molar-refractivity contribution is 14.1. The van der Waals surface area contributed by atoms with Crippen LogP contribution in [0.3, 0.4) is 0 Å². The average molecular weight is 779 g/mol. The summed E-state index contributed by atoms with van der Waals surface area (Å²) in [6, 6.07) is 17.7. The second-order valence-electron chi connectivity index (χ2n) is 8.13. The molecule has 0 radical (unpaired) electrons. The number of benzene rings is 3. The Morgan fingerprint density at radius 1 is 0.812 bits per heavy atom. The molecule has 8 heteroatoms. The molecule has 0 unspecified atom stereocenters. The van der Waals surface area contributed by atoms with Gasteiger partial charge in [0.1, 0.15) is 17.2 Å². The van der Waals surface area contributed by atoms with E-state index in [-0.39, 0.29) is 32.4 Å². The summed E-state index contributed by atoms with van der Waals surface area (Å²) in [6.45, 7) is 8.68. The molecule has 3 aromatic rings. The first-order chi connectivity index (χ1) is 14.8. The van der Waals surface area contributed by atoms with Crippen LogP contribution >= 0.6 is 45.2 Å². The Morgan fingerprint density at radius 2 is 1.41 bits per heavy atom. The number of alkyl halides is 3. The maximum atomic E-state index is 12.6. The minimum absolute atomic E-state index is 0.137. The number of hydrogen-bond acceptors (Lipinski definition) is 2. The molecule has 0 aliphatic rings. The molecule has 0 fully saturated rings. The molecule has 3 aromatic carbocycles. The van der Waals surface area contributed by atoms with Crippen molar-refractivity contribution in [2.45, 2.75) is 39.5 Å². The maximum Gasteiger partial charge on any atom is 0.573 e. The first-order valence-electron chi connectivity index (χ1n) is 9.60. The Morgan fingerprint density at radius 3 is 1.97 bits per heavy atom. The van der Waals surface area contributed by atoms with E-state index in [2.05, 4.69) is 62.8 Å². The summed E-state index contributed by atoms with van der Waals surface area (Å²) in [5.74, 6) is 0.907. The largest absolute Gasteiger partial charge is 0.573 e. The number of hydrogen-bond donors (Lipinski definition) is 0. The summed E-state index contributed by atoms with van der Waals surface area (Å²) < 4.78 is 51.2. The lowest BCUT2D eigenvalue weighted by atomic mass is 9.87. The van der Waals surface area contributed by atoms with Crippen LogP contribution in [0.15, 0.2) is 54.6 Å². The summed E-state index contributed by atoms with van der Waals surface area (Å²) in [5, 5.41) is 0. The Kier molecular flexibility index (Phi) is 8.28. The number of halogens is 6. The van der Waals surface area contributed by atoms with Gasteiger partial charge in [0.25, 0.3) is 0 Å². The van der Waals surface area contributed by atoms with Crippen LogP contribution in [0.1, 0.15) is 31.9 Å². The smallest absolute Gasteiger partial charge is 0.456 e. The third-order valence-electron chi connectivity index (χ3n) is 4.49. The zero-order chi connectivity index (χ0) is 23.7. The highest BCUT2D eigenvalue weighted by atomic mass is 127. The van der Waals surface area contributed by atoms with Crippen LogP contribution in [0.4, 0.5) is 13.2 Å². The molecule has 0 aliphatic carbocycles. The molecular weight excluding hydrogens is 758 g/mol. The van der Waals surface area contributed by atoms with Crippen LogP contribution in [0, 0.1) is 21.2 Å². The molecular formula is C24H21F3I3O2+. The van der Waals surface area contributed by atoms with Gasteiger partial charge in [0, 0.05) is 5.56 Å². The predicted molar refractivity (Wildman–Crippen MR) is 132 cm³/mol. The average Bonchev–Trinajstić information content (AvgIpc) is 2.66. The van der Waals surface area contributed by atoms with Gasteiger partial charge in [0.2, 0.25) is 0 Å². The summed E-state index contributed by atoms with van der Waals surface area (Å²) >= 11 is 3.44. The summed E-state index contributed by atoms with van der Waals surface area (Å²) in [4.78, 5) is 0. The predicted octanol–water partition coefficient (Wildman–Crippen LogP) is 5.32. The van der Waals surface area contributed by atoms with E-state index in [0.717, 1.165) is 5.56 Å². The number of rotatable bonds is 5. The summed E-state index contributed by atoms with van der Waals surface area (Å²) in [6.07, 6.45) is -4.73. The molecule has 0 saturated carbocycles. The van der Waals surface area contributed by atoms with Crippen LogP contribution < -0.4 is 30.7 Å². The number of aryl methyl sites for hydroxylation is 1. The Hall–Kier alpha value is -0.760. The lowest BCUT2D eigenvalue weighted by Gasteiger charge is -2.18. The van der Waals surface area contributed by atoms with Crippen molar-refractivity contribution in [1.29, 1.82) is 0 Å². The minimum atomic E-state index is -4.73. The quantitative estimate of drug-likeness (QED) is 0.327. The topological polar surface area (TPSA) is 18.5 Å². The fourth-order valence-corrected chi connectivity index (χ4v) is 6.26. The van der Waals surface area contributed by atoms with Gasteiger partial charge in [0.15, 0.2) is 7.14 Å². The molecule has 0 saturated heterocycles. The molecule has 0 amide bonds. The van der Waals surface area contributed by atoms with Gasteiger partial charge in [-0.3, -0.25) is 0 Å². The summed E-state index contributed by atoms with van der Waals surface area (Å²) in [5.41, 5.74) is 2.59. The van der Waals surface area contributed by atoms with Crippen molar-refractivity contribution in [3.05, 3.63) is 80.0 Å². The van der Waals surface area contributed by atoms with Crippen molar-refractivity contribution < 1.29 is 43.9 Å². The van der Waals surface area contributed by atoms with Gasteiger partial charge >= 0.3 is 27.6 Å². The molecule has 0 N–H and O–H groups in total. The van der Waals surface area contributed by atoms with Gasteiger partial charge in [-0.15, -0.1) is 13.2 Å². The van der Waals surface area contributed by atoms with E-state index >= 15 is 0 Å². The van der Waals surface area contributed by atoms with Crippen molar-refractivity contribution in [3.63, 3.8) is 0 Å². The number of ether oxygens (including phenoxy) is 2. The molecule has 0 heterocycles. The first-order valence-corrected chi connectivity index (χ1v) is 13.9. The SMILES string of the molecule is Cc1cc(Oc2cc(I)c(OC(F)(F)F)cc2I)ccc1[I+]c1ccc(C(C)(C)C)cc1. The molecule has 0 bridgehead atoms. The van der Waals surface area contributed by atoms with Crippen molar-refractivity contribution in [3.8, 4) is 17.2 Å². The summed E-state index contributed by atoms with van der Waals surface area (Å²) in [7, 11) is 0. The second-order valence-corrected chi connectivity index (χ2v) is 13.4. The standard InChI is InChI=1S/C24H21F3I3O2/c1-14-11-17(31-21-12-19(29)22(13-18(21)28)32-24(25,26)27)9-10-20(14)30-16-7-5-15(6-8-16)23(2,3)4/h5-13H,1-4H3/q+1. The monoisotopic (exact) mass is 779 g/mol. The van der Waals surface area contributed by atoms with Crippen molar-refractivity contribution in [2.75, 3.05) is 0 Å². The van der Waals surface area contributed by atoms with Crippen LogP contribution in [0.5, 0.6) is 17.2 Å². The zero-order valence-corrected chi connectivity index (χ0v) is 24.3. The van der Waals surface area contributed by atoms with Gasteiger partial charge in [0.05, 0.1) is 7.14 Å². The van der Waals surface area contributed by atoms with Crippen molar-refractivity contribution >= 4 is 45.2 Å². The molecule has 0 atom stereocenters. The van der Waals surface area contributed by atoms with E-state index in [1.807, 2.05) is 57.3 Å². The van der Waals surface area contributed by atoms with Gasteiger partial charge < -0.3 is 9.47 Å². The second kappa shape index (κ2) is 10.2. The third kappa shape index (κ3) is 7.12. The van der Waals surface area contributed by atoms with E-state index in [1.54, 1.807) is 6.07 Å². The lowest BCUT2D eigenvalue weighted by molar-refractivity contribution is -0.598. The Bertz CT molecular complexity index is 1110. The van der Waals surface area contributed by atoms with Gasteiger partial charge in [-0.25, -0.2) is 0 Å². The molecule has 0 spiro atoms. The van der Waals surface area contributed by atoms with Crippen molar-refractivity contribution in [2.24, 2.45) is 0 Å². The molecule has 0 aromatic heterocycles.